The summed E-state index contributed by atoms with van der Waals surface area (Å²) in [4.78, 5) is 25.0. The summed E-state index contributed by atoms with van der Waals surface area (Å²) < 4.78 is 3.02. The topological polar surface area (TPSA) is 108 Å². The molecule has 0 atom stereocenters. The molecule has 0 saturated carbocycles. The number of nitrogens with zero attached hydrogens (tertiary/aromatic N) is 6. The molecule has 2 aromatic carbocycles. The number of tetrazole rings is 1. The molecule has 1 amide bonds. The number of benzene rings is 2. The average Bonchev–Trinajstić information content (AvgIpc) is 3.24. The number of hydrogen-bond donors (Lipinski definition) is 1. The van der Waals surface area contributed by atoms with Gasteiger partial charge in [0.05, 0.1) is 11.4 Å². The molecule has 1 N–H and O–H groups in total. The van der Waals surface area contributed by atoms with Crippen LogP contribution in [-0.2, 0) is 0 Å². The summed E-state index contributed by atoms with van der Waals surface area (Å²) >= 11 is 0. The first-order valence-corrected chi connectivity index (χ1v) is 8.43. The van der Waals surface area contributed by atoms with Crippen molar-refractivity contribution in [3.05, 3.63) is 88.6 Å². The van der Waals surface area contributed by atoms with Gasteiger partial charge in [-0.3, -0.25) is 9.59 Å². The normalized spacial score (nSPS) is 10.6. The van der Waals surface area contributed by atoms with Gasteiger partial charge in [0, 0.05) is 17.4 Å². The lowest BCUT2D eigenvalue weighted by Gasteiger charge is -2.11. The Kier molecular flexibility index (Phi) is 4.47. The molecular formula is C19H15N7O2. The highest BCUT2D eigenvalue weighted by Gasteiger charge is 2.16. The number of aryl methyl sites for hydroxylation is 1. The van der Waals surface area contributed by atoms with E-state index in [0.29, 0.717) is 17.1 Å². The molecular weight excluding hydrogens is 358 g/mol. The summed E-state index contributed by atoms with van der Waals surface area (Å²) in [5, 5.41) is 18.0. The molecule has 0 aliphatic heterocycles. The van der Waals surface area contributed by atoms with E-state index in [1.807, 2.05) is 30.3 Å². The third-order valence-electron chi connectivity index (χ3n) is 4.04. The van der Waals surface area contributed by atoms with Gasteiger partial charge in [-0.25, -0.2) is 9.36 Å². The summed E-state index contributed by atoms with van der Waals surface area (Å²) in [5.74, 6) is -0.594. The van der Waals surface area contributed by atoms with Gasteiger partial charge in [-0.1, -0.05) is 24.3 Å². The van der Waals surface area contributed by atoms with Crippen LogP contribution >= 0.6 is 0 Å². The highest BCUT2D eigenvalue weighted by Crippen LogP contribution is 2.14. The molecule has 0 radical (unpaired) electrons. The molecule has 0 bridgehead atoms. The molecule has 0 saturated heterocycles. The molecule has 2 aromatic heterocycles. The maximum absolute atomic E-state index is 12.7. The van der Waals surface area contributed by atoms with Gasteiger partial charge in [-0.15, -0.1) is 5.10 Å². The Morgan fingerprint density at radius 3 is 2.54 bits per heavy atom. The summed E-state index contributed by atoms with van der Waals surface area (Å²) in [6.07, 6.45) is 1.45. The fraction of sp³-hybridized carbons (Fsp3) is 0.0526. The minimum absolute atomic E-state index is 0.192. The van der Waals surface area contributed by atoms with Gasteiger partial charge in [0.15, 0.2) is 5.69 Å². The van der Waals surface area contributed by atoms with Gasteiger partial charge in [-0.05, 0) is 47.7 Å². The van der Waals surface area contributed by atoms with E-state index in [1.54, 1.807) is 35.9 Å². The second kappa shape index (κ2) is 7.23. The lowest BCUT2D eigenvalue weighted by Crippen LogP contribution is -2.26. The largest absolute Gasteiger partial charge is 0.320 e. The van der Waals surface area contributed by atoms with E-state index in [0.717, 1.165) is 5.69 Å². The highest BCUT2D eigenvalue weighted by molar-refractivity contribution is 6.02. The minimum atomic E-state index is -0.594. The Labute approximate surface area is 159 Å². The fourth-order valence-electron chi connectivity index (χ4n) is 2.73. The lowest BCUT2D eigenvalue weighted by atomic mass is 10.2. The smallest absolute Gasteiger partial charge is 0.280 e. The fourth-order valence-corrected chi connectivity index (χ4v) is 2.73. The first kappa shape index (κ1) is 17.3. The SMILES string of the molecule is Cc1cc(=O)c(C(=O)Nc2cccc(-n3cnnn3)c2)nn1-c1ccccc1. The van der Waals surface area contributed by atoms with Crippen molar-refractivity contribution < 1.29 is 4.79 Å². The number of para-hydroxylation sites is 1. The van der Waals surface area contributed by atoms with Crippen LogP contribution in [0.1, 0.15) is 16.2 Å². The van der Waals surface area contributed by atoms with Crippen molar-refractivity contribution in [3.8, 4) is 11.4 Å². The van der Waals surface area contributed by atoms with Gasteiger partial charge in [0.2, 0.25) is 5.43 Å². The molecule has 0 fully saturated rings. The van der Waals surface area contributed by atoms with E-state index in [9.17, 15) is 9.59 Å². The van der Waals surface area contributed by atoms with E-state index in [-0.39, 0.29) is 5.69 Å². The lowest BCUT2D eigenvalue weighted by molar-refractivity contribution is 0.101. The molecule has 0 unspecified atom stereocenters. The first-order valence-electron chi connectivity index (χ1n) is 8.43. The maximum Gasteiger partial charge on any atom is 0.280 e. The summed E-state index contributed by atoms with van der Waals surface area (Å²) in [6, 6.07) is 17.6. The van der Waals surface area contributed by atoms with E-state index in [2.05, 4.69) is 25.9 Å². The van der Waals surface area contributed by atoms with Crippen molar-refractivity contribution in [2.24, 2.45) is 0 Å². The van der Waals surface area contributed by atoms with Crippen molar-refractivity contribution in [3.63, 3.8) is 0 Å². The monoisotopic (exact) mass is 373 g/mol. The van der Waals surface area contributed by atoms with E-state index >= 15 is 0 Å². The van der Waals surface area contributed by atoms with Gasteiger partial charge in [-0.2, -0.15) is 5.10 Å². The number of rotatable bonds is 4. The number of aromatic nitrogens is 6. The van der Waals surface area contributed by atoms with Crippen LogP contribution in [0.2, 0.25) is 0 Å². The Morgan fingerprint density at radius 1 is 1.00 bits per heavy atom. The molecule has 4 aromatic rings. The zero-order chi connectivity index (χ0) is 19.5. The zero-order valence-corrected chi connectivity index (χ0v) is 14.9. The van der Waals surface area contributed by atoms with Crippen molar-refractivity contribution in [2.75, 3.05) is 5.32 Å². The third-order valence-corrected chi connectivity index (χ3v) is 4.04. The van der Waals surface area contributed by atoms with E-state index in [1.165, 1.54) is 17.1 Å². The van der Waals surface area contributed by atoms with Crippen molar-refractivity contribution in [1.82, 2.24) is 30.0 Å². The molecule has 138 valence electrons. The van der Waals surface area contributed by atoms with Gasteiger partial charge in [0.1, 0.15) is 6.33 Å². The summed E-state index contributed by atoms with van der Waals surface area (Å²) in [7, 11) is 0. The zero-order valence-electron chi connectivity index (χ0n) is 14.9. The van der Waals surface area contributed by atoms with E-state index in [4.69, 9.17) is 0 Å². The van der Waals surface area contributed by atoms with Crippen molar-refractivity contribution in [2.45, 2.75) is 6.92 Å². The number of carbonyl (C=O) groups is 1. The third kappa shape index (κ3) is 3.40. The molecule has 28 heavy (non-hydrogen) atoms. The molecule has 4 rings (SSSR count). The molecule has 9 heteroatoms. The Bertz CT molecular complexity index is 1180. The van der Waals surface area contributed by atoms with Crippen molar-refractivity contribution in [1.29, 1.82) is 0 Å². The summed E-state index contributed by atoms with van der Waals surface area (Å²) in [5.41, 5.74) is 1.91. The van der Waals surface area contributed by atoms with Crippen LogP contribution < -0.4 is 10.7 Å². The predicted molar refractivity (Wildman–Crippen MR) is 102 cm³/mol. The van der Waals surface area contributed by atoms with Crippen LogP contribution in [-0.4, -0.2) is 35.9 Å². The van der Waals surface area contributed by atoms with Crippen LogP contribution in [0, 0.1) is 6.92 Å². The second-order valence-corrected chi connectivity index (χ2v) is 6.00. The average molecular weight is 373 g/mol. The Hall–Kier alpha value is -4.14. The minimum Gasteiger partial charge on any atom is -0.320 e. The molecule has 9 nitrogen and oxygen atoms in total. The van der Waals surface area contributed by atoms with Gasteiger partial charge >= 0.3 is 0 Å². The second-order valence-electron chi connectivity index (χ2n) is 6.00. The van der Waals surface area contributed by atoms with Gasteiger partial charge in [0.25, 0.3) is 5.91 Å². The van der Waals surface area contributed by atoms with Crippen LogP contribution in [0.25, 0.3) is 11.4 Å². The molecule has 2 heterocycles. The van der Waals surface area contributed by atoms with Crippen LogP contribution in [0.4, 0.5) is 5.69 Å². The summed E-state index contributed by atoms with van der Waals surface area (Å²) in [6.45, 7) is 1.76. The van der Waals surface area contributed by atoms with Crippen molar-refractivity contribution >= 4 is 11.6 Å². The van der Waals surface area contributed by atoms with Crippen LogP contribution in [0.15, 0.2) is 71.8 Å². The van der Waals surface area contributed by atoms with E-state index < -0.39 is 11.3 Å². The Balaban J connectivity index is 1.66. The number of anilines is 1. The highest BCUT2D eigenvalue weighted by atomic mass is 16.2. The van der Waals surface area contributed by atoms with Gasteiger partial charge < -0.3 is 5.32 Å². The number of carbonyl (C=O) groups excluding carboxylic acids is 1. The first-order chi connectivity index (χ1) is 13.6. The quantitative estimate of drug-likeness (QED) is 0.584. The van der Waals surface area contributed by atoms with Crippen LogP contribution in [0.5, 0.6) is 0 Å². The standard InChI is InChI=1S/C19H15N7O2/c1-13-10-17(27)18(22-26(13)15-7-3-2-4-8-15)19(28)21-14-6-5-9-16(11-14)25-12-20-23-24-25/h2-12H,1H3,(H,21,28). The number of nitrogens with one attached hydrogen (secondary N) is 1. The predicted octanol–water partition coefficient (Wildman–Crippen LogP) is 1.77. The number of amides is 1. The molecule has 0 aliphatic carbocycles. The number of hydrogen-bond acceptors (Lipinski definition) is 6. The molecule has 0 aliphatic rings. The van der Waals surface area contributed by atoms with Crippen LogP contribution in [0.3, 0.4) is 0 Å². The maximum atomic E-state index is 12.7. The molecule has 0 spiro atoms. The Morgan fingerprint density at radius 2 is 1.79 bits per heavy atom.